The minimum Gasteiger partial charge on any atom is -0.380 e. The van der Waals surface area contributed by atoms with E-state index in [1.165, 1.54) is 0 Å². The lowest BCUT2D eigenvalue weighted by atomic mass is 10.1. The lowest BCUT2D eigenvalue weighted by Crippen LogP contribution is -2.39. The molecule has 0 aromatic heterocycles. The molecule has 1 fully saturated rings. The molecule has 134 valence electrons. The number of carbonyl (C=O) groups is 1. The zero-order valence-corrected chi connectivity index (χ0v) is 15.1. The molecular weight excluding hydrogens is 292 g/mol. The van der Waals surface area contributed by atoms with Gasteiger partial charge in [-0.1, -0.05) is 13.8 Å². The molecule has 1 rings (SSSR count). The number of likely N-dealkylation sites (tertiary alicyclic amines) is 1. The van der Waals surface area contributed by atoms with Gasteiger partial charge >= 0.3 is 0 Å². The fraction of sp³-hybridized carbons (Fsp3) is 0.882. The van der Waals surface area contributed by atoms with Crippen LogP contribution in [0.1, 0.15) is 46.5 Å². The Kier molecular flexibility index (Phi) is 10.4. The number of amides is 1. The topological polar surface area (TPSA) is 66.0 Å². The Bertz CT molecular complexity index is 359. The number of nitrogens with one attached hydrogen (secondary N) is 2. The molecule has 0 aliphatic carbocycles. The summed E-state index contributed by atoms with van der Waals surface area (Å²) < 4.78 is 5.59. The Labute approximate surface area is 141 Å². The molecule has 0 aromatic rings. The highest BCUT2D eigenvalue weighted by Gasteiger charge is 2.18. The molecule has 6 nitrogen and oxygen atoms in total. The van der Waals surface area contributed by atoms with Crippen molar-refractivity contribution in [3.8, 4) is 0 Å². The van der Waals surface area contributed by atoms with Crippen LogP contribution in [-0.4, -0.2) is 62.7 Å². The van der Waals surface area contributed by atoms with E-state index < -0.39 is 0 Å². The zero-order valence-electron chi connectivity index (χ0n) is 15.1. The summed E-state index contributed by atoms with van der Waals surface area (Å²) >= 11 is 0. The molecule has 0 spiro atoms. The van der Waals surface area contributed by atoms with Crippen molar-refractivity contribution in [3.63, 3.8) is 0 Å². The third kappa shape index (κ3) is 9.43. The Morgan fingerprint density at radius 2 is 2.17 bits per heavy atom. The average Bonchev–Trinajstić information content (AvgIpc) is 2.92. The highest BCUT2D eigenvalue weighted by Crippen LogP contribution is 2.09. The fourth-order valence-electron chi connectivity index (χ4n) is 2.40. The molecule has 2 N–H and O–H groups in total. The lowest BCUT2D eigenvalue weighted by molar-refractivity contribution is -0.127. The van der Waals surface area contributed by atoms with Gasteiger partial charge in [0.1, 0.15) is 0 Å². The largest absolute Gasteiger partial charge is 0.380 e. The number of nitrogens with zero attached hydrogens (tertiary/aromatic N) is 2. The van der Waals surface area contributed by atoms with Crippen LogP contribution in [0.15, 0.2) is 4.99 Å². The van der Waals surface area contributed by atoms with Crippen LogP contribution >= 0.6 is 0 Å². The Hall–Kier alpha value is -1.30. The Morgan fingerprint density at radius 1 is 1.35 bits per heavy atom. The maximum absolute atomic E-state index is 11.5. The molecule has 1 saturated heterocycles. The summed E-state index contributed by atoms with van der Waals surface area (Å²) in [6, 6.07) is 0. The molecule has 0 saturated carbocycles. The molecular formula is C17H34N4O2. The van der Waals surface area contributed by atoms with Crippen molar-refractivity contribution in [2.45, 2.75) is 46.5 Å². The Morgan fingerprint density at radius 3 is 2.83 bits per heavy atom. The van der Waals surface area contributed by atoms with Gasteiger partial charge in [-0.15, -0.1) is 0 Å². The van der Waals surface area contributed by atoms with Crippen LogP contribution in [0.3, 0.4) is 0 Å². The van der Waals surface area contributed by atoms with Gasteiger partial charge < -0.3 is 20.3 Å². The minimum atomic E-state index is 0.289. The van der Waals surface area contributed by atoms with Crippen molar-refractivity contribution in [1.82, 2.24) is 15.5 Å². The summed E-state index contributed by atoms with van der Waals surface area (Å²) in [7, 11) is 0. The third-order valence-electron chi connectivity index (χ3n) is 3.75. The van der Waals surface area contributed by atoms with Gasteiger partial charge in [0.15, 0.2) is 5.96 Å². The van der Waals surface area contributed by atoms with Gasteiger partial charge in [-0.25, -0.2) is 0 Å². The zero-order chi connectivity index (χ0) is 16.9. The lowest BCUT2D eigenvalue weighted by Gasteiger charge is -2.15. The first-order chi connectivity index (χ1) is 11.1. The standard InChI is InChI=1S/C17H34N4O2/c1-4-18-17(20-10-14-23-13-8-15(2)3)19-9-6-12-21-11-5-7-16(21)22/h15H,4-14H2,1-3H3,(H2,18,19,20). The highest BCUT2D eigenvalue weighted by molar-refractivity contribution is 5.79. The molecule has 6 heteroatoms. The predicted octanol–water partition coefficient (Wildman–Crippen LogP) is 1.62. The van der Waals surface area contributed by atoms with Crippen molar-refractivity contribution in [2.24, 2.45) is 10.9 Å². The molecule has 0 atom stereocenters. The van der Waals surface area contributed by atoms with E-state index in [-0.39, 0.29) is 5.91 Å². The third-order valence-corrected chi connectivity index (χ3v) is 3.75. The second-order valence-electron chi connectivity index (χ2n) is 6.32. The molecule has 23 heavy (non-hydrogen) atoms. The summed E-state index contributed by atoms with van der Waals surface area (Å²) in [6.07, 6.45) is 3.73. The van der Waals surface area contributed by atoms with Crippen LogP contribution < -0.4 is 10.6 Å². The number of hydrogen-bond donors (Lipinski definition) is 2. The summed E-state index contributed by atoms with van der Waals surface area (Å²) in [5, 5.41) is 6.51. The van der Waals surface area contributed by atoms with Crippen LogP contribution in [0.2, 0.25) is 0 Å². The fourth-order valence-corrected chi connectivity index (χ4v) is 2.40. The van der Waals surface area contributed by atoms with Gasteiger partial charge in [-0.2, -0.15) is 0 Å². The summed E-state index contributed by atoms with van der Waals surface area (Å²) in [5.41, 5.74) is 0. The number of hydrogen-bond acceptors (Lipinski definition) is 3. The SMILES string of the molecule is CCNC(=NCCCN1CCCC1=O)NCCOCCC(C)C. The molecule has 0 bridgehead atoms. The van der Waals surface area contributed by atoms with E-state index in [0.29, 0.717) is 18.9 Å². The van der Waals surface area contributed by atoms with E-state index in [2.05, 4.69) is 36.4 Å². The monoisotopic (exact) mass is 326 g/mol. The maximum atomic E-state index is 11.5. The second kappa shape index (κ2) is 12.2. The van der Waals surface area contributed by atoms with Crippen LogP contribution in [0.25, 0.3) is 0 Å². The van der Waals surface area contributed by atoms with E-state index >= 15 is 0 Å². The Balaban J connectivity index is 2.13. The van der Waals surface area contributed by atoms with Gasteiger partial charge in [0.2, 0.25) is 5.91 Å². The van der Waals surface area contributed by atoms with Crippen molar-refractivity contribution in [2.75, 3.05) is 45.9 Å². The van der Waals surface area contributed by atoms with E-state index in [4.69, 9.17) is 4.74 Å². The molecule has 1 heterocycles. The molecule has 1 amide bonds. The number of carbonyl (C=O) groups excluding carboxylic acids is 1. The molecule has 0 unspecified atom stereocenters. The van der Waals surface area contributed by atoms with Crippen LogP contribution in [-0.2, 0) is 9.53 Å². The van der Waals surface area contributed by atoms with Crippen LogP contribution in [0.4, 0.5) is 0 Å². The minimum absolute atomic E-state index is 0.289. The first kappa shape index (κ1) is 19.7. The number of aliphatic imine (C=N–C) groups is 1. The van der Waals surface area contributed by atoms with Crippen molar-refractivity contribution >= 4 is 11.9 Å². The average molecular weight is 326 g/mol. The van der Waals surface area contributed by atoms with E-state index in [1.807, 2.05) is 4.90 Å². The van der Waals surface area contributed by atoms with Gasteiger partial charge in [-0.05, 0) is 32.1 Å². The predicted molar refractivity (Wildman–Crippen MR) is 94.7 cm³/mol. The quantitative estimate of drug-likeness (QED) is 0.344. The number of rotatable bonds is 11. The first-order valence-corrected chi connectivity index (χ1v) is 9.01. The molecule has 1 aliphatic heterocycles. The van der Waals surface area contributed by atoms with E-state index in [1.54, 1.807) is 0 Å². The van der Waals surface area contributed by atoms with Gasteiger partial charge in [0.25, 0.3) is 0 Å². The summed E-state index contributed by atoms with van der Waals surface area (Å²) in [6.45, 7) is 12.0. The van der Waals surface area contributed by atoms with E-state index in [0.717, 1.165) is 64.6 Å². The van der Waals surface area contributed by atoms with Gasteiger partial charge in [0, 0.05) is 45.8 Å². The highest BCUT2D eigenvalue weighted by atomic mass is 16.5. The van der Waals surface area contributed by atoms with Crippen LogP contribution in [0, 0.1) is 5.92 Å². The van der Waals surface area contributed by atoms with Crippen molar-refractivity contribution < 1.29 is 9.53 Å². The molecule has 0 aromatic carbocycles. The number of guanidine groups is 1. The molecule has 0 radical (unpaired) electrons. The second-order valence-corrected chi connectivity index (χ2v) is 6.32. The maximum Gasteiger partial charge on any atom is 0.222 e. The smallest absolute Gasteiger partial charge is 0.222 e. The van der Waals surface area contributed by atoms with Crippen molar-refractivity contribution in [3.05, 3.63) is 0 Å². The summed E-state index contributed by atoms with van der Waals surface area (Å²) in [5.74, 6) is 1.80. The number of ether oxygens (including phenoxy) is 1. The molecule has 1 aliphatic rings. The first-order valence-electron chi connectivity index (χ1n) is 9.01. The summed E-state index contributed by atoms with van der Waals surface area (Å²) in [4.78, 5) is 18.0. The van der Waals surface area contributed by atoms with E-state index in [9.17, 15) is 4.79 Å². The normalized spacial score (nSPS) is 15.6. The van der Waals surface area contributed by atoms with Gasteiger partial charge in [0.05, 0.1) is 6.61 Å². The van der Waals surface area contributed by atoms with Crippen molar-refractivity contribution in [1.29, 1.82) is 0 Å². The van der Waals surface area contributed by atoms with Crippen LogP contribution in [0.5, 0.6) is 0 Å². The van der Waals surface area contributed by atoms with Gasteiger partial charge in [-0.3, -0.25) is 9.79 Å².